The Hall–Kier alpha value is -0.970. The maximum Gasteiger partial charge on any atom is 0.248 e. The third-order valence-corrected chi connectivity index (χ3v) is 7.84. The molecule has 1 aromatic rings. The van der Waals surface area contributed by atoms with Crippen molar-refractivity contribution in [3.63, 3.8) is 0 Å². The lowest BCUT2D eigenvalue weighted by molar-refractivity contribution is 0.272. The van der Waals surface area contributed by atoms with Gasteiger partial charge < -0.3 is 4.52 Å². The Morgan fingerprint density at radius 2 is 1.59 bits per heavy atom. The molecule has 1 fully saturated rings. The number of piperazine rings is 1. The molecular formula is C12H21N3O5S2. The monoisotopic (exact) mass is 351 g/mol. The van der Waals surface area contributed by atoms with Crippen LogP contribution in [-0.2, 0) is 20.0 Å². The second-order valence-electron chi connectivity index (χ2n) is 5.27. The highest BCUT2D eigenvalue weighted by Gasteiger charge is 2.35. The smallest absolute Gasteiger partial charge is 0.248 e. The third kappa shape index (κ3) is 3.19. The first-order valence-corrected chi connectivity index (χ1v) is 10.2. The van der Waals surface area contributed by atoms with Crippen molar-refractivity contribution >= 4 is 20.0 Å². The molecule has 0 atom stereocenters. The molecule has 0 bridgehead atoms. The van der Waals surface area contributed by atoms with E-state index in [2.05, 4.69) is 5.16 Å². The van der Waals surface area contributed by atoms with Crippen LogP contribution in [0.2, 0.25) is 0 Å². The van der Waals surface area contributed by atoms with Crippen LogP contribution >= 0.6 is 0 Å². The summed E-state index contributed by atoms with van der Waals surface area (Å²) in [5.41, 5.74) is 0.318. The van der Waals surface area contributed by atoms with Gasteiger partial charge in [0.05, 0.1) is 5.75 Å². The summed E-state index contributed by atoms with van der Waals surface area (Å²) in [6.45, 7) is 5.54. The van der Waals surface area contributed by atoms with Gasteiger partial charge in [0, 0.05) is 26.2 Å². The number of aromatic nitrogens is 1. The Morgan fingerprint density at radius 1 is 1.05 bits per heavy atom. The van der Waals surface area contributed by atoms with E-state index in [4.69, 9.17) is 4.52 Å². The summed E-state index contributed by atoms with van der Waals surface area (Å²) < 4.78 is 56.8. The molecule has 1 aromatic heterocycles. The van der Waals surface area contributed by atoms with Crippen molar-refractivity contribution in [1.82, 2.24) is 13.8 Å². The number of hydrogen-bond acceptors (Lipinski definition) is 6. The van der Waals surface area contributed by atoms with Crippen LogP contribution in [0.1, 0.15) is 24.8 Å². The van der Waals surface area contributed by atoms with E-state index in [0.717, 1.165) is 0 Å². The standard InChI is InChI=1S/C12H21N3O5S2/c1-4-9-21(16,17)14-5-7-15(8-6-14)22(18,19)12-10(2)13-20-11(12)3/h4-9H2,1-3H3. The number of rotatable bonds is 5. The van der Waals surface area contributed by atoms with Crippen molar-refractivity contribution in [3.8, 4) is 0 Å². The van der Waals surface area contributed by atoms with Gasteiger partial charge in [-0.05, 0) is 20.3 Å². The Kier molecular flexibility index (Phi) is 4.95. The average Bonchev–Trinajstić information content (AvgIpc) is 2.79. The van der Waals surface area contributed by atoms with Gasteiger partial charge in [0.1, 0.15) is 10.6 Å². The lowest BCUT2D eigenvalue weighted by Crippen LogP contribution is -2.51. The summed E-state index contributed by atoms with van der Waals surface area (Å²) in [4.78, 5) is 0.0809. The van der Waals surface area contributed by atoms with E-state index in [-0.39, 0.29) is 42.6 Å². The molecule has 0 spiro atoms. The molecule has 0 saturated carbocycles. The molecule has 0 aliphatic carbocycles. The zero-order chi connectivity index (χ0) is 16.5. The summed E-state index contributed by atoms with van der Waals surface area (Å²) in [7, 11) is -7.00. The van der Waals surface area contributed by atoms with Gasteiger partial charge in [-0.15, -0.1) is 0 Å². The van der Waals surface area contributed by atoms with Crippen LogP contribution in [0, 0.1) is 13.8 Å². The summed E-state index contributed by atoms with van der Waals surface area (Å²) >= 11 is 0. The fourth-order valence-corrected chi connectivity index (χ4v) is 5.75. The van der Waals surface area contributed by atoms with E-state index in [0.29, 0.717) is 12.1 Å². The average molecular weight is 351 g/mol. The SMILES string of the molecule is CCCS(=O)(=O)N1CCN(S(=O)(=O)c2c(C)noc2C)CC1. The Labute approximate surface area is 131 Å². The van der Waals surface area contributed by atoms with Crippen molar-refractivity contribution in [1.29, 1.82) is 0 Å². The highest BCUT2D eigenvalue weighted by atomic mass is 32.2. The van der Waals surface area contributed by atoms with E-state index in [1.807, 2.05) is 0 Å². The fraction of sp³-hybridized carbons (Fsp3) is 0.750. The third-order valence-electron chi connectivity index (χ3n) is 3.62. The molecule has 2 heterocycles. The first kappa shape index (κ1) is 17.4. The summed E-state index contributed by atoms with van der Waals surface area (Å²) in [5.74, 6) is 0.336. The second kappa shape index (κ2) is 6.26. The molecular weight excluding hydrogens is 330 g/mol. The summed E-state index contributed by atoms with van der Waals surface area (Å²) in [6.07, 6.45) is 0.542. The number of nitrogens with zero attached hydrogens (tertiary/aromatic N) is 3. The van der Waals surface area contributed by atoms with Gasteiger partial charge in [0.25, 0.3) is 0 Å². The van der Waals surface area contributed by atoms with Gasteiger partial charge in [-0.2, -0.15) is 8.61 Å². The fourth-order valence-electron chi connectivity index (χ4n) is 2.55. The zero-order valence-electron chi connectivity index (χ0n) is 12.9. The van der Waals surface area contributed by atoms with Crippen molar-refractivity contribution in [2.45, 2.75) is 32.1 Å². The molecule has 2 rings (SSSR count). The maximum atomic E-state index is 12.6. The van der Waals surface area contributed by atoms with Crippen LogP contribution in [0.4, 0.5) is 0 Å². The van der Waals surface area contributed by atoms with Crippen LogP contribution in [0.25, 0.3) is 0 Å². The lowest BCUT2D eigenvalue weighted by Gasteiger charge is -2.33. The second-order valence-corrected chi connectivity index (χ2v) is 9.24. The predicted octanol–water partition coefficient (Wildman–Crippen LogP) is 0.338. The molecule has 10 heteroatoms. The molecule has 0 N–H and O–H groups in total. The number of hydrogen-bond donors (Lipinski definition) is 0. The van der Waals surface area contributed by atoms with Crippen molar-refractivity contribution < 1.29 is 21.4 Å². The molecule has 0 unspecified atom stereocenters. The molecule has 126 valence electrons. The van der Waals surface area contributed by atoms with Crippen LogP contribution < -0.4 is 0 Å². The molecule has 0 radical (unpaired) electrons. The van der Waals surface area contributed by atoms with Gasteiger partial charge in [-0.1, -0.05) is 12.1 Å². The number of aryl methyl sites for hydroxylation is 2. The van der Waals surface area contributed by atoms with Gasteiger partial charge in [-0.25, -0.2) is 16.8 Å². The first-order valence-electron chi connectivity index (χ1n) is 7.11. The molecule has 1 aliphatic rings. The van der Waals surface area contributed by atoms with E-state index in [1.165, 1.54) is 8.61 Å². The minimum Gasteiger partial charge on any atom is -0.360 e. The normalized spacial score (nSPS) is 18.7. The predicted molar refractivity (Wildman–Crippen MR) is 80.4 cm³/mol. The van der Waals surface area contributed by atoms with Gasteiger partial charge >= 0.3 is 0 Å². The summed E-state index contributed by atoms with van der Waals surface area (Å²) in [6, 6.07) is 0. The Balaban J connectivity index is 2.15. The van der Waals surface area contributed by atoms with Crippen molar-refractivity contribution in [3.05, 3.63) is 11.5 Å². The molecule has 1 saturated heterocycles. The van der Waals surface area contributed by atoms with E-state index < -0.39 is 20.0 Å². The van der Waals surface area contributed by atoms with Gasteiger partial charge in [-0.3, -0.25) is 0 Å². The van der Waals surface area contributed by atoms with Crippen LogP contribution in [0.3, 0.4) is 0 Å². The summed E-state index contributed by atoms with van der Waals surface area (Å²) in [5, 5.41) is 3.67. The highest BCUT2D eigenvalue weighted by molar-refractivity contribution is 7.89. The highest BCUT2D eigenvalue weighted by Crippen LogP contribution is 2.24. The van der Waals surface area contributed by atoms with Crippen LogP contribution in [0.15, 0.2) is 9.42 Å². The molecule has 1 aliphatic heterocycles. The topological polar surface area (TPSA) is 101 Å². The number of sulfonamides is 2. The molecule has 0 aromatic carbocycles. The Morgan fingerprint density at radius 3 is 2.05 bits per heavy atom. The van der Waals surface area contributed by atoms with E-state index in [9.17, 15) is 16.8 Å². The van der Waals surface area contributed by atoms with Gasteiger partial charge in [0.2, 0.25) is 20.0 Å². The molecule has 22 heavy (non-hydrogen) atoms. The van der Waals surface area contributed by atoms with Gasteiger partial charge in [0.15, 0.2) is 5.76 Å². The quantitative estimate of drug-likeness (QED) is 0.758. The first-order chi connectivity index (χ1) is 10.2. The van der Waals surface area contributed by atoms with Crippen molar-refractivity contribution in [2.24, 2.45) is 0 Å². The molecule has 0 amide bonds. The minimum atomic E-state index is -3.71. The van der Waals surface area contributed by atoms with Crippen LogP contribution in [0.5, 0.6) is 0 Å². The lowest BCUT2D eigenvalue weighted by atomic mass is 10.4. The van der Waals surface area contributed by atoms with Crippen molar-refractivity contribution in [2.75, 3.05) is 31.9 Å². The maximum absolute atomic E-state index is 12.6. The van der Waals surface area contributed by atoms with E-state index in [1.54, 1.807) is 20.8 Å². The zero-order valence-corrected chi connectivity index (χ0v) is 14.6. The Bertz CT molecular complexity index is 711. The molecule has 8 nitrogen and oxygen atoms in total. The largest absolute Gasteiger partial charge is 0.360 e. The van der Waals surface area contributed by atoms with E-state index >= 15 is 0 Å². The van der Waals surface area contributed by atoms with Crippen LogP contribution in [-0.4, -0.2) is 62.5 Å². The minimum absolute atomic E-state index is 0.0809.